The molecule has 33 heavy (non-hydrogen) atoms. The summed E-state index contributed by atoms with van der Waals surface area (Å²) in [6, 6.07) is 0. The van der Waals surface area contributed by atoms with Gasteiger partial charge in [0.05, 0.1) is 17.7 Å². The normalized spacial score (nSPS) is 13.7. The second-order valence-electron chi connectivity index (χ2n) is 8.16. The molecule has 0 fully saturated rings. The summed E-state index contributed by atoms with van der Waals surface area (Å²) in [6.07, 6.45) is 9.58. The zero-order valence-corrected chi connectivity index (χ0v) is 21.3. The van der Waals surface area contributed by atoms with Gasteiger partial charge in [-0.3, -0.25) is 14.2 Å². The molecule has 1 N–H and O–H groups in total. The van der Waals surface area contributed by atoms with Crippen molar-refractivity contribution in [2.45, 2.75) is 77.4 Å². The van der Waals surface area contributed by atoms with Gasteiger partial charge >= 0.3 is 5.97 Å². The number of rotatable bonds is 11. The highest BCUT2D eigenvalue weighted by Crippen LogP contribution is 2.30. The van der Waals surface area contributed by atoms with E-state index >= 15 is 0 Å². The topological polar surface area (TPSA) is 90.3 Å². The largest absolute Gasteiger partial charge is 0.462 e. The average Bonchev–Trinajstić information content (AvgIpc) is 3.14. The molecule has 2 heterocycles. The van der Waals surface area contributed by atoms with Crippen LogP contribution in [0.1, 0.15) is 74.0 Å². The lowest BCUT2D eigenvalue weighted by molar-refractivity contribution is -0.118. The van der Waals surface area contributed by atoms with Crippen LogP contribution in [0.5, 0.6) is 0 Å². The van der Waals surface area contributed by atoms with Crippen LogP contribution in [0.15, 0.2) is 21.6 Å². The van der Waals surface area contributed by atoms with Crippen LogP contribution in [0, 0.1) is 6.92 Å². The van der Waals surface area contributed by atoms with Crippen molar-refractivity contribution in [2.24, 2.45) is 0 Å². The Bertz CT molecular complexity index is 1090. The number of esters is 1. The smallest absolute Gasteiger partial charge is 0.348 e. The first-order valence-electron chi connectivity index (χ1n) is 11.7. The molecule has 7 nitrogen and oxygen atoms in total. The Labute approximate surface area is 203 Å². The van der Waals surface area contributed by atoms with Crippen molar-refractivity contribution in [1.29, 1.82) is 0 Å². The van der Waals surface area contributed by atoms with Gasteiger partial charge in [-0.2, -0.15) is 0 Å². The maximum Gasteiger partial charge on any atom is 0.348 e. The lowest BCUT2D eigenvalue weighted by Crippen LogP contribution is -2.27. The van der Waals surface area contributed by atoms with Crippen LogP contribution in [0.25, 0.3) is 10.2 Å². The molecule has 1 aliphatic carbocycles. The van der Waals surface area contributed by atoms with Crippen molar-refractivity contribution >= 4 is 45.2 Å². The molecule has 1 amide bonds. The lowest BCUT2D eigenvalue weighted by Gasteiger charge is -2.16. The van der Waals surface area contributed by atoms with E-state index in [1.54, 1.807) is 18.4 Å². The van der Waals surface area contributed by atoms with E-state index in [0.29, 0.717) is 38.9 Å². The predicted octanol–water partition coefficient (Wildman–Crippen LogP) is 4.84. The van der Waals surface area contributed by atoms with Gasteiger partial charge in [-0.25, -0.2) is 9.78 Å². The third kappa shape index (κ3) is 6.47. The number of carbonyl (C=O) groups excluding carboxylic acids is 2. The van der Waals surface area contributed by atoms with E-state index in [1.165, 1.54) is 41.5 Å². The molecule has 0 bridgehead atoms. The number of carbonyl (C=O) groups is 2. The second-order valence-corrected chi connectivity index (χ2v) is 10.1. The number of aromatic nitrogens is 2. The molecule has 9 heteroatoms. The van der Waals surface area contributed by atoms with Gasteiger partial charge in [0.1, 0.15) is 9.71 Å². The quantitative estimate of drug-likeness (QED) is 0.159. The molecule has 1 aliphatic rings. The van der Waals surface area contributed by atoms with E-state index in [9.17, 15) is 14.4 Å². The van der Waals surface area contributed by atoms with E-state index in [1.807, 2.05) is 0 Å². The fourth-order valence-corrected chi connectivity index (χ4v) is 5.84. The molecule has 180 valence electrons. The van der Waals surface area contributed by atoms with Crippen molar-refractivity contribution in [3.63, 3.8) is 0 Å². The molecule has 0 saturated carbocycles. The minimum absolute atomic E-state index is 0.0705. The molecule has 0 aromatic carbocycles. The molecule has 0 radical (unpaired) electrons. The van der Waals surface area contributed by atoms with E-state index in [4.69, 9.17) is 9.72 Å². The highest BCUT2D eigenvalue weighted by molar-refractivity contribution is 7.99. The Morgan fingerprint density at radius 1 is 1.30 bits per heavy atom. The van der Waals surface area contributed by atoms with Gasteiger partial charge in [-0.05, 0) is 57.9 Å². The summed E-state index contributed by atoms with van der Waals surface area (Å²) in [7, 11) is 0. The number of thiophene rings is 1. The summed E-state index contributed by atoms with van der Waals surface area (Å²) in [6.45, 7) is 7.04. The number of aryl methyl sites for hydroxylation is 1. The standard InChI is InChI=1S/C24H33N3O4S2/c1-4-6-13-25-18(28)15-32-24-26-21-19(16(3)20(33-21)23(30)31-5-2)22(29)27(24)14-12-17-10-8-7-9-11-17/h10H,4-9,11-15H2,1-3H3,(H,25,28). The molecule has 0 spiro atoms. The first-order chi connectivity index (χ1) is 16.0. The van der Waals surface area contributed by atoms with Gasteiger partial charge in [0, 0.05) is 13.1 Å². The minimum atomic E-state index is -0.430. The number of amides is 1. The SMILES string of the molecule is CCCCNC(=O)CSc1nc2sc(C(=O)OCC)c(C)c2c(=O)n1CCC1=CCCCC1. The molecule has 0 unspecified atom stereocenters. The summed E-state index contributed by atoms with van der Waals surface area (Å²) >= 11 is 2.46. The van der Waals surface area contributed by atoms with Crippen molar-refractivity contribution in [3.05, 3.63) is 32.4 Å². The number of hydrogen-bond donors (Lipinski definition) is 1. The Kier molecular flexibility index (Phi) is 9.55. The fraction of sp³-hybridized carbons (Fsp3) is 0.583. The molecule has 2 aromatic rings. The van der Waals surface area contributed by atoms with Crippen molar-refractivity contribution < 1.29 is 14.3 Å². The summed E-state index contributed by atoms with van der Waals surface area (Å²) < 4.78 is 6.84. The lowest BCUT2D eigenvalue weighted by atomic mass is 9.97. The Balaban J connectivity index is 1.92. The van der Waals surface area contributed by atoms with Gasteiger partial charge in [0.25, 0.3) is 5.56 Å². The number of nitrogens with zero attached hydrogens (tertiary/aromatic N) is 2. The predicted molar refractivity (Wildman–Crippen MR) is 134 cm³/mol. The molecule has 0 saturated heterocycles. The maximum absolute atomic E-state index is 13.5. The first-order valence-corrected chi connectivity index (χ1v) is 13.5. The Morgan fingerprint density at radius 3 is 2.82 bits per heavy atom. The van der Waals surface area contributed by atoms with Crippen LogP contribution in [-0.2, 0) is 16.1 Å². The van der Waals surface area contributed by atoms with Gasteiger partial charge in [-0.15, -0.1) is 11.3 Å². The Morgan fingerprint density at radius 2 is 2.12 bits per heavy atom. The summed E-state index contributed by atoms with van der Waals surface area (Å²) in [5.41, 5.74) is 1.83. The van der Waals surface area contributed by atoms with E-state index in [0.717, 1.165) is 32.1 Å². The highest BCUT2D eigenvalue weighted by atomic mass is 32.2. The number of ether oxygens (including phenoxy) is 1. The van der Waals surface area contributed by atoms with E-state index in [-0.39, 0.29) is 23.8 Å². The monoisotopic (exact) mass is 491 g/mol. The van der Waals surface area contributed by atoms with Gasteiger partial charge in [0.15, 0.2) is 5.16 Å². The van der Waals surface area contributed by atoms with Crippen LogP contribution in [0.4, 0.5) is 0 Å². The number of fused-ring (bicyclic) bond motifs is 1. The summed E-state index contributed by atoms with van der Waals surface area (Å²) in [5, 5.41) is 3.90. The van der Waals surface area contributed by atoms with E-state index in [2.05, 4.69) is 18.3 Å². The number of unbranched alkanes of at least 4 members (excludes halogenated alkanes) is 1. The van der Waals surface area contributed by atoms with Gasteiger partial charge in [0.2, 0.25) is 5.91 Å². The molecule has 0 aliphatic heterocycles. The number of allylic oxidation sites excluding steroid dienone is 2. The van der Waals surface area contributed by atoms with Gasteiger partial charge < -0.3 is 10.1 Å². The van der Waals surface area contributed by atoms with Crippen LogP contribution in [-0.4, -0.2) is 40.3 Å². The summed E-state index contributed by atoms with van der Waals surface area (Å²) in [5.74, 6) is -0.306. The molecule has 2 aromatic heterocycles. The van der Waals surface area contributed by atoms with E-state index < -0.39 is 5.97 Å². The fourth-order valence-electron chi connectivity index (χ4n) is 3.87. The number of hydrogen-bond acceptors (Lipinski definition) is 7. The van der Waals surface area contributed by atoms with Crippen molar-refractivity contribution in [2.75, 3.05) is 18.9 Å². The van der Waals surface area contributed by atoms with Crippen LogP contribution in [0.3, 0.4) is 0 Å². The zero-order valence-electron chi connectivity index (χ0n) is 19.7. The molecule has 0 atom stereocenters. The van der Waals surface area contributed by atoms with Crippen LogP contribution in [0.2, 0.25) is 0 Å². The van der Waals surface area contributed by atoms with Gasteiger partial charge in [-0.1, -0.05) is 36.8 Å². The second kappa shape index (κ2) is 12.4. The van der Waals surface area contributed by atoms with Crippen molar-refractivity contribution in [1.82, 2.24) is 14.9 Å². The van der Waals surface area contributed by atoms with Crippen LogP contribution < -0.4 is 10.9 Å². The zero-order chi connectivity index (χ0) is 23.8. The third-order valence-corrected chi connectivity index (χ3v) is 7.84. The average molecular weight is 492 g/mol. The molecular weight excluding hydrogens is 458 g/mol. The molecule has 3 rings (SSSR count). The number of thioether (sulfide) groups is 1. The minimum Gasteiger partial charge on any atom is -0.462 e. The highest BCUT2D eigenvalue weighted by Gasteiger charge is 2.23. The molecular formula is C24H33N3O4S2. The first kappa shape index (κ1) is 25.5. The Hall–Kier alpha value is -2.13. The van der Waals surface area contributed by atoms with Crippen LogP contribution >= 0.6 is 23.1 Å². The summed E-state index contributed by atoms with van der Waals surface area (Å²) in [4.78, 5) is 43.8. The maximum atomic E-state index is 13.5. The number of nitrogens with one attached hydrogen (secondary N) is 1. The van der Waals surface area contributed by atoms with Crippen molar-refractivity contribution in [3.8, 4) is 0 Å². The third-order valence-electron chi connectivity index (χ3n) is 5.70.